The topological polar surface area (TPSA) is 32.3 Å². The Morgan fingerprint density at radius 2 is 2.32 bits per heavy atom. The lowest BCUT2D eigenvalue weighted by Gasteiger charge is -2.32. The molecule has 1 aliphatic rings. The highest BCUT2D eigenvalue weighted by molar-refractivity contribution is 5.76. The van der Waals surface area contributed by atoms with Crippen LogP contribution in [0.3, 0.4) is 0 Å². The second kappa shape index (κ2) is 6.15. The second-order valence-corrected chi connectivity index (χ2v) is 5.28. The SMILES string of the molecule is Cc1cc(CCC(=O)N2CCNC(C)C2)ccc1F. The molecule has 1 amide bonds. The molecule has 1 atom stereocenters. The smallest absolute Gasteiger partial charge is 0.222 e. The summed E-state index contributed by atoms with van der Waals surface area (Å²) in [6, 6.07) is 5.42. The number of amides is 1. The molecule has 0 spiro atoms. The van der Waals surface area contributed by atoms with Gasteiger partial charge in [-0.2, -0.15) is 0 Å². The van der Waals surface area contributed by atoms with Crippen molar-refractivity contribution in [1.29, 1.82) is 0 Å². The summed E-state index contributed by atoms with van der Waals surface area (Å²) < 4.78 is 13.1. The van der Waals surface area contributed by atoms with Crippen LogP contribution in [-0.2, 0) is 11.2 Å². The lowest BCUT2D eigenvalue weighted by molar-refractivity contribution is -0.132. The van der Waals surface area contributed by atoms with Crippen molar-refractivity contribution in [3.05, 3.63) is 35.1 Å². The molecule has 1 aliphatic heterocycles. The van der Waals surface area contributed by atoms with E-state index in [0.29, 0.717) is 24.4 Å². The fourth-order valence-corrected chi connectivity index (χ4v) is 2.43. The van der Waals surface area contributed by atoms with E-state index in [1.54, 1.807) is 13.0 Å². The quantitative estimate of drug-likeness (QED) is 0.904. The first kappa shape index (κ1) is 14.0. The van der Waals surface area contributed by atoms with Crippen LogP contribution in [0.5, 0.6) is 0 Å². The van der Waals surface area contributed by atoms with Gasteiger partial charge in [0, 0.05) is 32.1 Å². The van der Waals surface area contributed by atoms with Gasteiger partial charge in [-0.3, -0.25) is 4.79 Å². The average molecular weight is 264 g/mol. The summed E-state index contributed by atoms with van der Waals surface area (Å²) in [6.07, 6.45) is 1.18. The summed E-state index contributed by atoms with van der Waals surface area (Å²) in [5.74, 6) is 0.00124. The molecule has 1 fully saturated rings. The van der Waals surface area contributed by atoms with Gasteiger partial charge in [-0.1, -0.05) is 12.1 Å². The van der Waals surface area contributed by atoms with E-state index < -0.39 is 0 Å². The standard InChI is InChI=1S/C15H21FN2O/c1-11-9-13(3-5-14(11)16)4-6-15(19)18-8-7-17-12(2)10-18/h3,5,9,12,17H,4,6-8,10H2,1-2H3. The highest BCUT2D eigenvalue weighted by atomic mass is 19.1. The predicted molar refractivity (Wildman–Crippen MR) is 73.5 cm³/mol. The Morgan fingerprint density at radius 1 is 1.53 bits per heavy atom. The van der Waals surface area contributed by atoms with Crippen LogP contribution < -0.4 is 5.32 Å². The normalized spacial score (nSPS) is 19.5. The van der Waals surface area contributed by atoms with Crippen molar-refractivity contribution in [2.45, 2.75) is 32.7 Å². The number of halogens is 1. The van der Waals surface area contributed by atoms with E-state index in [1.807, 2.05) is 11.0 Å². The molecule has 19 heavy (non-hydrogen) atoms. The van der Waals surface area contributed by atoms with E-state index >= 15 is 0 Å². The third-order valence-corrected chi connectivity index (χ3v) is 3.57. The monoisotopic (exact) mass is 264 g/mol. The first-order valence-corrected chi connectivity index (χ1v) is 6.82. The Balaban J connectivity index is 1.87. The van der Waals surface area contributed by atoms with Crippen molar-refractivity contribution in [2.75, 3.05) is 19.6 Å². The van der Waals surface area contributed by atoms with Crippen LogP contribution in [0, 0.1) is 12.7 Å². The second-order valence-electron chi connectivity index (χ2n) is 5.28. The summed E-state index contributed by atoms with van der Waals surface area (Å²) >= 11 is 0. The van der Waals surface area contributed by atoms with Crippen molar-refractivity contribution in [2.24, 2.45) is 0 Å². The maximum absolute atomic E-state index is 13.1. The number of carbonyl (C=O) groups is 1. The third-order valence-electron chi connectivity index (χ3n) is 3.57. The molecule has 0 saturated carbocycles. The first-order chi connectivity index (χ1) is 9.06. The number of piperazine rings is 1. The van der Waals surface area contributed by atoms with E-state index in [1.165, 1.54) is 6.07 Å². The van der Waals surface area contributed by atoms with Gasteiger partial charge < -0.3 is 10.2 Å². The minimum absolute atomic E-state index is 0.189. The van der Waals surface area contributed by atoms with Crippen LogP contribution in [0.2, 0.25) is 0 Å². The predicted octanol–water partition coefficient (Wildman–Crippen LogP) is 1.89. The van der Waals surface area contributed by atoms with Crippen molar-refractivity contribution >= 4 is 5.91 Å². The maximum atomic E-state index is 13.1. The van der Waals surface area contributed by atoms with Gasteiger partial charge in [0.2, 0.25) is 5.91 Å². The molecule has 104 valence electrons. The summed E-state index contributed by atoms with van der Waals surface area (Å²) in [7, 11) is 0. The van der Waals surface area contributed by atoms with Crippen molar-refractivity contribution in [3.8, 4) is 0 Å². The molecule has 1 saturated heterocycles. The fourth-order valence-electron chi connectivity index (χ4n) is 2.43. The summed E-state index contributed by atoms with van der Waals surface area (Å²) in [6.45, 7) is 6.26. The van der Waals surface area contributed by atoms with E-state index in [4.69, 9.17) is 0 Å². The van der Waals surface area contributed by atoms with Gasteiger partial charge in [0.15, 0.2) is 0 Å². The highest BCUT2D eigenvalue weighted by Gasteiger charge is 2.19. The van der Waals surface area contributed by atoms with Gasteiger partial charge in [-0.05, 0) is 37.5 Å². The number of rotatable bonds is 3. The van der Waals surface area contributed by atoms with Crippen molar-refractivity contribution in [3.63, 3.8) is 0 Å². The number of nitrogens with zero attached hydrogens (tertiary/aromatic N) is 1. The summed E-state index contributed by atoms with van der Waals surface area (Å²) in [5, 5.41) is 3.32. The average Bonchev–Trinajstić information content (AvgIpc) is 2.40. The molecule has 2 rings (SSSR count). The molecular weight excluding hydrogens is 243 g/mol. The van der Waals surface area contributed by atoms with Crippen molar-refractivity contribution in [1.82, 2.24) is 10.2 Å². The molecule has 4 heteroatoms. The maximum Gasteiger partial charge on any atom is 0.222 e. The van der Waals surface area contributed by atoms with Crippen LogP contribution in [0.1, 0.15) is 24.5 Å². The molecular formula is C15H21FN2O. The van der Waals surface area contributed by atoms with Crippen LogP contribution in [0.25, 0.3) is 0 Å². The van der Waals surface area contributed by atoms with Gasteiger partial charge in [0.1, 0.15) is 5.82 Å². The van der Waals surface area contributed by atoms with E-state index in [-0.39, 0.29) is 11.7 Å². The van der Waals surface area contributed by atoms with Crippen LogP contribution >= 0.6 is 0 Å². The van der Waals surface area contributed by atoms with Crippen LogP contribution in [0.15, 0.2) is 18.2 Å². The van der Waals surface area contributed by atoms with Gasteiger partial charge in [-0.15, -0.1) is 0 Å². The molecule has 0 radical (unpaired) electrons. The molecule has 1 aromatic rings. The molecule has 0 bridgehead atoms. The molecule has 3 nitrogen and oxygen atoms in total. The molecule has 1 aromatic carbocycles. The Kier molecular flexibility index (Phi) is 4.53. The third kappa shape index (κ3) is 3.77. The van der Waals surface area contributed by atoms with E-state index in [0.717, 1.165) is 25.2 Å². The lowest BCUT2D eigenvalue weighted by Crippen LogP contribution is -2.51. The Hall–Kier alpha value is -1.42. The van der Waals surface area contributed by atoms with Crippen LogP contribution in [0.4, 0.5) is 4.39 Å². The summed E-state index contributed by atoms with van der Waals surface area (Å²) in [4.78, 5) is 14.0. The molecule has 1 N–H and O–H groups in total. The number of benzene rings is 1. The molecule has 0 aromatic heterocycles. The highest BCUT2D eigenvalue weighted by Crippen LogP contribution is 2.12. The number of hydrogen-bond donors (Lipinski definition) is 1. The minimum atomic E-state index is -0.189. The molecule has 1 unspecified atom stereocenters. The zero-order chi connectivity index (χ0) is 13.8. The largest absolute Gasteiger partial charge is 0.340 e. The summed E-state index contributed by atoms with van der Waals surface area (Å²) in [5.41, 5.74) is 1.66. The van der Waals surface area contributed by atoms with Gasteiger partial charge in [-0.25, -0.2) is 4.39 Å². The number of aryl methyl sites for hydroxylation is 2. The minimum Gasteiger partial charge on any atom is -0.340 e. The fraction of sp³-hybridized carbons (Fsp3) is 0.533. The molecule has 0 aliphatic carbocycles. The van der Waals surface area contributed by atoms with Crippen LogP contribution in [-0.4, -0.2) is 36.5 Å². The zero-order valence-electron chi connectivity index (χ0n) is 11.6. The molecule has 1 heterocycles. The lowest BCUT2D eigenvalue weighted by atomic mass is 10.1. The van der Waals surface area contributed by atoms with E-state index in [9.17, 15) is 9.18 Å². The van der Waals surface area contributed by atoms with Gasteiger partial charge >= 0.3 is 0 Å². The Morgan fingerprint density at radius 3 is 3.00 bits per heavy atom. The van der Waals surface area contributed by atoms with Gasteiger partial charge in [0.05, 0.1) is 0 Å². The van der Waals surface area contributed by atoms with Gasteiger partial charge in [0.25, 0.3) is 0 Å². The Bertz CT molecular complexity index is 461. The zero-order valence-corrected chi connectivity index (χ0v) is 11.6. The Labute approximate surface area is 113 Å². The number of nitrogens with one attached hydrogen (secondary N) is 1. The number of carbonyl (C=O) groups excluding carboxylic acids is 1. The van der Waals surface area contributed by atoms with Crippen molar-refractivity contribution < 1.29 is 9.18 Å². The first-order valence-electron chi connectivity index (χ1n) is 6.82. The van der Waals surface area contributed by atoms with E-state index in [2.05, 4.69) is 12.2 Å². The number of hydrogen-bond acceptors (Lipinski definition) is 2.